The highest BCUT2D eigenvalue weighted by atomic mass is 32.1. The van der Waals surface area contributed by atoms with Crippen LogP contribution in [-0.2, 0) is 19.1 Å². The Labute approximate surface area is 179 Å². The predicted octanol–water partition coefficient (Wildman–Crippen LogP) is 4.64. The Balaban J connectivity index is 1.36. The van der Waals surface area contributed by atoms with E-state index in [2.05, 4.69) is 20.4 Å². The highest BCUT2D eigenvalue weighted by Crippen LogP contribution is 2.30. The normalized spacial score (nSPS) is 11.5. The Hall–Kier alpha value is -3.53. The van der Waals surface area contributed by atoms with Crippen LogP contribution in [0.3, 0.4) is 0 Å². The summed E-state index contributed by atoms with van der Waals surface area (Å²) in [5, 5.41) is 7.35. The maximum Gasteiger partial charge on any atom is 0.416 e. The summed E-state index contributed by atoms with van der Waals surface area (Å²) in [5.74, 6) is -0.393. The van der Waals surface area contributed by atoms with Crippen molar-refractivity contribution in [3.63, 3.8) is 0 Å². The zero-order valence-electron chi connectivity index (χ0n) is 16.0. The summed E-state index contributed by atoms with van der Waals surface area (Å²) in [4.78, 5) is 21.6. The van der Waals surface area contributed by atoms with Crippen molar-refractivity contribution in [2.45, 2.75) is 19.1 Å². The quantitative estimate of drug-likeness (QED) is 0.471. The Morgan fingerprint density at radius 1 is 1.06 bits per heavy atom. The van der Waals surface area contributed by atoms with Gasteiger partial charge in [-0.15, -0.1) is 11.3 Å². The molecule has 158 valence electrons. The molecule has 0 radical (unpaired) electrons. The van der Waals surface area contributed by atoms with E-state index >= 15 is 0 Å². The minimum absolute atomic E-state index is 0.246. The molecular weight excluding hydrogens is 427 g/mol. The molecule has 0 bridgehead atoms. The van der Waals surface area contributed by atoms with Gasteiger partial charge in [0.25, 0.3) is 5.91 Å². The zero-order chi connectivity index (χ0) is 21.8. The molecule has 0 aliphatic carbocycles. The van der Waals surface area contributed by atoms with Crippen LogP contribution in [0.15, 0.2) is 67.1 Å². The zero-order valence-corrected chi connectivity index (χ0v) is 16.8. The molecule has 6 nitrogen and oxygen atoms in total. The van der Waals surface area contributed by atoms with Crippen molar-refractivity contribution in [2.24, 2.45) is 0 Å². The smallest absolute Gasteiger partial charge is 0.296 e. The van der Waals surface area contributed by atoms with E-state index in [-0.39, 0.29) is 5.69 Å². The molecule has 3 aromatic heterocycles. The standard InChI is InChI=1S/C21H16F3N5OS/c22-21(23,24)15-6-4-14(5-7-15)11-17-12-26-20(31-17)27-19(30)18-8-10-29(28-18)13-16-3-1-2-9-25-16/h1-10,12H,11,13H2,(H,26,27,30). The number of carbonyl (C=O) groups excluding carboxylic acids is 1. The Kier molecular flexibility index (Phi) is 5.81. The number of carbonyl (C=O) groups is 1. The van der Waals surface area contributed by atoms with Crippen LogP contribution in [0.5, 0.6) is 0 Å². The molecule has 31 heavy (non-hydrogen) atoms. The summed E-state index contributed by atoms with van der Waals surface area (Å²) in [6, 6.07) is 12.2. The summed E-state index contributed by atoms with van der Waals surface area (Å²) in [6.07, 6.45) is 1.05. The van der Waals surface area contributed by atoms with E-state index in [1.807, 2.05) is 18.2 Å². The van der Waals surface area contributed by atoms with Gasteiger partial charge in [-0.1, -0.05) is 18.2 Å². The SMILES string of the molecule is O=C(Nc1ncc(Cc2ccc(C(F)(F)F)cc2)s1)c1ccn(Cc2ccccn2)n1. The lowest BCUT2D eigenvalue weighted by atomic mass is 10.1. The number of aromatic nitrogens is 4. The molecule has 3 heterocycles. The largest absolute Gasteiger partial charge is 0.416 e. The number of halogens is 3. The van der Waals surface area contributed by atoms with Gasteiger partial charge < -0.3 is 0 Å². The van der Waals surface area contributed by atoms with E-state index < -0.39 is 17.6 Å². The number of nitrogens with zero attached hydrogens (tertiary/aromatic N) is 4. The topological polar surface area (TPSA) is 72.7 Å². The molecule has 10 heteroatoms. The van der Waals surface area contributed by atoms with Crippen molar-refractivity contribution >= 4 is 22.4 Å². The van der Waals surface area contributed by atoms with Gasteiger partial charge in [0, 0.05) is 29.9 Å². The number of rotatable bonds is 6. The van der Waals surface area contributed by atoms with Gasteiger partial charge >= 0.3 is 6.18 Å². The molecule has 4 rings (SSSR count). The van der Waals surface area contributed by atoms with Crippen LogP contribution in [0, 0.1) is 0 Å². The number of nitrogens with one attached hydrogen (secondary N) is 1. The number of amides is 1. The van der Waals surface area contributed by atoms with E-state index in [0.717, 1.165) is 28.3 Å². The second kappa shape index (κ2) is 8.68. The number of anilines is 1. The number of pyridine rings is 1. The van der Waals surface area contributed by atoms with Crippen molar-refractivity contribution in [2.75, 3.05) is 5.32 Å². The maximum absolute atomic E-state index is 12.7. The van der Waals surface area contributed by atoms with Crippen molar-refractivity contribution in [1.82, 2.24) is 19.7 Å². The molecule has 1 amide bonds. The Bertz CT molecular complexity index is 1170. The highest BCUT2D eigenvalue weighted by molar-refractivity contribution is 7.15. The molecule has 4 aromatic rings. The third kappa shape index (κ3) is 5.34. The number of hydrogen-bond donors (Lipinski definition) is 1. The average molecular weight is 443 g/mol. The van der Waals surface area contributed by atoms with E-state index in [1.54, 1.807) is 29.3 Å². The Morgan fingerprint density at radius 3 is 2.58 bits per heavy atom. The molecule has 0 aliphatic rings. The summed E-state index contributed by atoms with van der Waals surface area (Å²) in [5.41, 5.74) is 1.11. The maximum atomic E-state index is 12.7. The van der Waals surface area contributed by atoms with E-state index in [1.165, 1.54) is 23.5 Å². The second-order valence-electron chi connectivity index (χ2n) is 6.68. The lowest BCUT2D eigenvalue weighted by molar-refractivity contribution is -0.137. The second-order valence-corrected chi connectivity index (χ2v) is 7.79. The van der Waals surface area contributed by atoms with Gasteiger partial charge in [-0.3, -0.25) is 19.8 Å². The lowest BCUT2D eigenvalue weighted by Gasteiger charge is -2.06. The highest BCUT2D eigenvalue weighted by Gasteiger charge is 2.29. The monoisotopic (exact) mass is 443 g/mol. The molecule has 0 unspecified atom stereocenters. The number of hydrogen-bond acceptors (Lipinski definition) is 5. The van der Waals surface area contributed by atoms with Crippen molar-refractivity contribution in [3.05, 3.63) is 94.5 Å². The minimum atomic E-state index is -4.36. The molecule has 0 atom stereocenters. The van der Waals surface area contributed by atoms with Crippen molar-refractivity contribution < 1.29 is 18.0 Å². The van der Waals surface area contributed by atoms with Gasteiger partial charge in [0.2, 0.25) is 0 Å². The van der Waals surface area contributed by atoms with Crippen LogP contribution in [0.4, 0.5) is 18.3 Å². The number of benzene rings is 1. The predicted molar refractivity (Wildman–Crippen MR) is 110 cm³/mol. The third-order valence-corrected chi connectivity index (χ3v) is 5.27. The molecule has 0 aliphatic heterocycles. The molecule has 1 aromatic carbocycles. The summed E-state index contributed by atoms with van der Waals surface area (Å²) < 4.78 is 39.6. The summed E-state index contributed by atoms with van der Waals surface area (Å²) >= 11 is 1.26. The Morgan fingerprint density at radius 2 is 1.87 bits per heavy atom. The van der Waals surface area contributed by atoms with Crippen LogP contribution in [0.2, 0.25) is 0 Å². The van der Waals surface area contributed by atoms with Gasteiger partial charge in [-0.25, -0.2) is 4.98 Å². The molecule has 1 N–H and O–H groups in total. The van der Waals surface area contributed by atoms with Gasteiger partial charge in [0.1, 0.15) is 0 Å². The van der Waals surface area contributed by atoms with E-state index in [9.17, 15) is 18.0 Å². The van der Waals surface area contributed by atoms with Crippen molar-refractivity contribution in [1.29, 1.82) is 0 Å². The first-order valence-corrected chi connectivity index (χ1v) is 10.0. The van der Waals surface area contributed by atoms with Crippen LogP contribution in [0.1, 0.15) is 32.2 Å². The molecular formula is C21H16F3N5OS. The van der Waals surface area contributed by atoms with Gasteiger partial charge in [0.15, 0.2) is 10.8 Å². The lowest BCUT2D eigenvalue weighted by Crippen LogP contribution is -2.13. The minimum Gasteiger partial charge on any atom is -0.296 e. The molecule has 0 spiro atoms. The number of alkyl halides is 3. The molecule has 0 saturated carbocycles. The molecule has 0 saturated heterocycles. The fourth-order valence-electron chi connectivity index (χ4n) is 2.85. The van der Waals surface area contributed by atoms with Crippen LogP contribution in [0.25, 0.3) is 0 Å². The van der Waals surface area contributed by atoms with Crippen LogP contribution in [-0.4, -0.2) is 25.7 Å². The van der Waals surface area contributed by atoms with E-state index in [4.69, 9.17) is 0 Å². The number of thiazole rings is 1. The van der Waals surface area contributed by atoms with Gasteiger partial charge in [-0.2, -0.15) is 18.3 Å². The fourth-order valence-corrected chi connectivity index (χ4v) is 3.69. The molecule has 0 fully saturated rings. The van der Waals surface area contributed by atoms with Gasteiger partial charge in [0.05, 0.1) is 17.8 Å². The van der Waals surface area contributed by atoms with Crippen LogP contribution < -0.4 is 5.32 Å². The summed E-state index contributed by atoms with van der Waals surface area (Å²) in [6.45, 7) is 0.447. The van der Waals surface area contributed by atoms with E-state index in [0.29, 0.717) is 18.1 Å². The van der Waals surface area contributed by atoms with Crippen molar-refractivity contribution in [3.8, 4) is 0 Å². The fraction of sp³-hybridized carbons (Fsp3) is 0.143. The first-order chi connectivity index (χ1) is 14.9. The third-order valence-electron chi connectivity index (χ3n) is 4.36. The van der Waals surface area contributed by atoms with Gasteiger partial charge in [-0.05, 0) is 35.9 Å². The summed E-state index contributed by atoms with van der Waals surface area (Å²) in [7, 11) is 0. The first-order valence-electron chi connectivity index (χ1n) is 9.22. The first kappa shape index (κ1) is 20.7. The van der Waals surface area contributed by atoms with Crippen LogP contribution >= 0.6 is 11.3 Å². The average Bonchev–Trinajstić information content (AvgIpc) is 3.38.